The summed E-state index contributed by atoms with van der Waals surface area (Å²) in [6.07, 6.45) is 4.19. The van der Waals surface area contributed by atoms with Gasteiger partial charge in [-0.15, -0.1) is 0 Å². The molecule has 6 aromatic rings. The summed E-state index contributed by atoms with van der Waals surface area (Å²) in [6, 6.07) is 27.3. The summed E-state index contributed by atoms with van der Waals surface area (Å²) in [5, 5.41) is 19.4. The van der Waals surface area contributed by atoms with Gasteiger partial charge in [0.25, 0.3) is 0 Å². The third kappa shape index (κ3) is 4.64. The van der Waals surface area contributed by atoms with Crippen molar-refractivity contribution in [3.63, 3.8) is 0 Å². The fraction of sp³-hybridized carbons (Fsp3) is 0.222. The van der Waals surface area contributed by atoms with Gasteiger partial charge in [-0.3, -0.25) is 0 Å². The second kappa shape index (κ2) is 10.2. The maximum atomic E-state index is 9.61. The van der Waals surface area contributed by atoms with Gasteiger partial charge in [-0.2, -0.15) is 0 Å². The number of rotatable bonds is 2. The average molecular weight is 699 g/mol. The Morgan fingerprint density at radius 2 is 1.21 bits per heavy atom. The molecule has 2 atom stereocenters. The molecule has 0 radical (unpaired) electrons. The number of hydrogen-bond acceptors (Lipinski definition) is 3. The van der Waals surface area contributed by atoms with Crippen molar-refractivity contribution < 1.29 is 5.11 Å². The molecule has 2 aliphatic rings. The van der Waals surface area contributed by atoms with E-state index in [-0.39, 0.29) is 28.7 Å². The molecule has 2 aromatic heterocycles. The van der Waals surface area contributed by atoms with E-state index in [4.69, 9.17) is 0 Å². The van der Waals surface area contributed by atoms with Crippen molar-refractivity contribution in [2.24, 2.45) is 0 Å². The summed E-state index contributed by atoms with van der Waals surface area (Å²) in [6.45, 7) is 9.16. The molecule has 0 amide bonds. The molecule has 4 heterocycles. The van der Waals surface area contributed by atoms with Gasteiger partial charge in [-0.05, 0) is 65.7 Å². The van der Waals surface area contributed by atoms with Crippen LogP contribution in [-0.4, -0.2) is 15.1 Å². The number of benzene rings is 4. The van der Waals surface area contributed by atoms with Gasteiger partial charge in [0.15, 0.2) is 0 Å². The second-order valence-electron chi connectivity index (χ2n) is 12.7. The topological polar surface area (TPSA) is 75.9 Å². The molecule has 0 spiro atoms. The monoisotopic (exact) mass is 696 g/mol. The van der Waals surface area contributed by atoms with Crippen LogP contribution in [0.5, 0.6) is 5.75 Å². The van der Waals surface area contributed by atoms with E-state index in [1.165, 1.54) is 44.5 Å². The minimum absolute atomic E-state index is 0.0175. The predicted octanol–water partition coefficient (Wildman–Crippen LogP) is 10.5. The number of nitrogens with one attached hydrogen (secondary N) is 4. The van der Waals surface area contributed by atoms with Gasteiger partial charge < -0.3 is 25.7 Å². The van der Waals surface area contributed by atoms with E-state index in [0.717, 1.165) is 19.8 Å². The van der Waals surface area contributed by atoms with Crippen molar-refractivity contribution in [1.82, 2.24) is 9.97 Å². The lowest BCUT2D eigenvalue weighted by Crippen LogP contribution is -2.25. The molecular weight excluding hydrogens is 664 g/mol. The highest BCUT2D eigenvalue weighted by Crippen LogP contribution is 2.51. The number of anilines is 2. The molecule has 0 saturated heterocycles. The molecule has 4 aromatic carbocycles. The third-order valence-electron chi connectivity index (χ3n) is 9.34. The fourth-order valence-corrected chi connectivity index (χ4v) is 7.71. The van der Waals surface area contributed by atoms with E-state index in [9.17, 15) is 5.11 Å². The van der Waals surface area contributed by atoms with E-state index in [0.29, 0.717) is 0 Å². The van der Waals surface area contributed by atoms with E-state index >= 15 is 0 Å². The number of phenols is 1. The first-order valence-corrected chi connectivity index (χ1v) is 16.1. The summed E-state index contributed by atoms with van der Waals surface area (Å²) < 4.78 is 2.24. The van der Waals surface area contributed by atoms with Crippen molar-refractivity contribution in [2.75, 3.05) is 10.6 Å². The second-order valence-corrected chi connectivity index (χ2v) is 14.6. The molecule has 2 unspecified atom stereocenters. The molecule has 2 aliphatic heterocycles. The van der Waals surface area contributed by atoms with Crippen molar-refractivity contribution in [3.05, 3.63) is 122 Å². The number of hydrogen-bond donors (Lipinski definition) is 5. The van der Waals surface area contributed by atoms with Crippen molar-refractivity contribution in [2.45, 2.75) is 50.6 Å². The Morgan fingerprint density at radius 3 is 1.95 bits per heavy atom. The van der Waals surface area contributed by atoms with Gasteiger partial charge in [0.2, 0.25) is 0 Å². The highest BCUT2D eigenvalue weighted by atomic mass is 79.9. The molecule has 7 heteroatoms. The predicted molar refractivity (Wildman–Crippen MR) is 185 cm³/mol. The highest BCUT2D eigenvalue weighted by Gasteiger charge is 2.42. The maximum absolute atomic E-state index is 9.61. The Kier molecular flexibility index (Phi) is 6.67. The van der Waals surface area contributed by atoms with Crippen molar-refractivity contribution in [1.29, 1.82) is 0 Å². The van der Waals surface area contributed by atoms with Gasteiger partial charge in [0.1, 0.15) is 5.75 Å². The van der Waals surface area contributed by atoms with Gasteiger partial charge in [-0.1, -0.05) is 77.8 Å². The van der Waals surface area contributed by atoms with Crippen LogP contribution >= 0.6 is 31.9 Å². The van der Waals surface area contributed by atoms with Gasteiger partial charge in [0.05, 0.1) is 12.1 Å². The molecular formula is C36H34Br2N4O. The van der Waals surface area contributed by atoms with Crippen LogP contribution in [0.1, 0.15) is 62.0 Å². The van der Waals surface area contributed by atoms with Crippen LogP contribution in [0.15, 0.2) is 100 Å². The number of aromatic nitrogens is 2. The molecule has 218 valence electrons. The minimum atomic E-state index is 0.0175. The fourth-order valence-electron chi connectivity index (χ4n) is 6.99. The first-order chi connectivity index (χ1) is 20.5. The zero-order valence-electron chi connectivity index (χ0n) is 24.5. The highest BCUT2D eigenvalue weighted by molar-refractivity contribution is 9.10. The van der Waals surface area contributed by atoms with Gasteiger partial charge >= 0.3 is 0 Å². The van der Waals surface area contributed by atoms with Crippen LogP contribution in [0.2, 0.25) is 0 Å². The van der Waals surface area contributed by atoms with Crippen LogP contribution < -0.4 is 10.6 Å². The number of aromatic amines is 2. The largest absolute Gasteiger partial charge is 0.508 e. The first-order valence-electron chi connectivity index (χ1n) is 14.5. The van der Waals surface area contributed by atoms with Crippen molar-refractivity contribution >= 4 is 65.0 Å². The third-order valence-corrected chi connectivity index (χ3v) is 10.3. The maximum Gasteiger partial charge on any atom is 0.117 e. The van der Waals surface area contributed by atoms with Crippen LogP contribution in [0, 0.1) is 0 Å². The smallest absolute Gasteiger partial charge is 0.117 e. The normalized spacial score (nSPS) is 19.3. The molecule has 43 heavy (non-hydrogen) atoms. The lowest BCUT2D eigenvalue weighted by molar-refractivity contribution is 0.475. The zero-order valence-corrected chi connectivity index (χ0v) is 27.7. The zero-order chi connectivity index (χ0) is 30.1. The van der Waals surface area contributed by atoms with E-state index in [2.05, 4.69) is 153 Å². The van der Waals surface area contributed by atoms with Crippen molar-refractivity contribution in [3.8, 4) is 5.75 Å². The van der Waals surface area contributed by atoms with E-state index in [1.54, 1.807) is 12.1 Å². The SMILES string of the molecule is CC1(C)c2cc(Br)ccc2NC1c1c[nH]c2ccc(Br)cc12.CC1(C)c2ccccc2NC1c1c[nH]c2cc(O)ccc12. The lowest BCUT2D eigenvalue weighted by Gasteiger charge is -2.27. The van der Waals surface area contributed by atoms with E-state index < -0.39 is 0 Å². The number of aromatic hydroxyl groups is 1. The Labute approximate surface area is 268 Å². The van der Waals surface area contributed by atoms with E-state index in [1.807, 2.05) is 6.07 Å². The number of halogens is 2. The molecule has 0 fully saturated rings. The van der Waals surface area contributed by atoms with Crippen LogP contribution in [-0.2, 0) is 10.8 Å². The average Bonchev–Trinajstić information content (AvgIpc) is 3.70. The van der Waals surface area contributed by atoms with Crippen LogP contribution in [0.25, 0.3) is 21.8 Å². The van der Waals surface area contributed by atoms with Crippen LogP contribution in [0.4, 0.5) is 11.4 Å². The summed E-state index contributed by atoms with van der Waals surface area (Å²) in [4.78, 5) is 6.67. The molecule has 5 nitrogen and oxygen atoms in total. The number of fused-ring (bicyclic) bond motifs is 4. The summed E-state index contributed by atoms with van der Waals surface area (Å²) in [5.41, 5.74) is 9.88. The Bertz CT molecular complexity index is 2000. The Morgan fingerprint density at radius 1 is 0.605 bits per heavy atom. The van der Waals surface area contributed by atoms with Gasteiger partial charge in [0, 0.05) is 82.5 Å². The molecule has 0 aliphatic carbocycles. The lowest BCUT2D eigenvalue weighted by atomic mass is 9.78. The first kappa shape index (κ1) is 28.1. The summed E-state index contributed by atoms with van der Waals surface area (Å²) in [7, 11) is 0. The summed E-state index contributed by atoms with van der Waals surface area (Å²) >= 11 is 7.18. The molecule has 0 bridgehead atoms. The molecule has 0 saturated carbocycles. The number of para-hydroxylation sites is 1. The minimum Gasteiger partial charge on any atom is -0.508 e. The quantitative estimate of drug-likeness (QED) is 0.125. The number of H-pyrrole nitrogens is 2. The van der Waals surface area contributed by atoms with Crippen LogP contribution in [0.3, 0.4) is 0 Å². The Balaban J connectivity index is 0.000000140. The molecule has 5 N–H and O–H groups in total. The standard InChI is InChI=1S/C18H16Br2N2.C18H18N2O/c1-18(2)14-8-11(20)4-6-16(14)22-17(18)13-9-21-15-5-3-10(19)7-12(13)15;1-18(2)14-5-3-4-6-15(14)20-17(18)13-10-19-16-9-11(21)7-8-12(13)16/h3-9,17,21-22H,1-2H3;3-10,17,19-21H,1-2H3. The van der Waals surface area contributed by atoms with Gasteiger partial charge in [-0.25, -0.2) is 0 Å². The summed E-state index contributed by atoms with van der Waals surface area (Å²) in [5.74, 6) is 0.290. The number of phenolic OH excluding ortho intramolecular Hbond substituents is 1. The molecule has 8 rings (SSSR count). The Hall–Kier alpha value is -3.68.